The summed E-state index contributed by atoms with van der Waals surface area (Å²) in [5.74, 6) is 1.80. The molecule has 53 heavy (non-hydrogen) atoms. The molecule has 0 bridgehead atoms. The van der Waals surface area contributed by atoms with Gasteiger partial charge in [-0.2, -0.15) is 0 Å². The van der Waals surface area contributed by atoms with Gasteiger partial charge in [0.1, 0.15) is 17.1 Å². The molecule has 0 saturated carbocycles. The van der Waals surface area contributed by atoms with Gasteiger partial charge in [0.15, 0.2) is 0 Å². The van der Waals surface area contributed by atoms with Crippen LogP contribution in [0, 0.1) is 0 Å². The third-order valence-corrected chi connectivity index (χ3v) is 11.6. The molecule has 0 N–H and O–H groups in total. The summed E-state index contributed by atoms with van der Waals surface area (Å²) in [5.41, 5.74) is 15.9. The number of benzene rings is 8. The lowest BCUT2D eigenvalue weighted by Gasteiger charge is -2.39. The molecule has 3 heterocycles. The van der Waals surface area contributed by atoms with Crippen LogP contribution in [0.15, 0.2) is 182 Å². The van der Waals surface area contributed by atoms with E-state index < -0.39 is 5.41 Å². The maximum Gasteiger partial charge on any atom is 0.146 e. The number of pyridine rings is 1. The number of nitrogens with zero attached hydrogens (tertiary/aromatic N) is 2. The first kappa shape index (κ1) is 28.7. The predicted molar refractivity (Wildman–Crippen MR) is 216 cm³/mol. The zero-order chi connectivity index (χ0) is 34.7. The Labute approximate surface area is 306 Å². The molecule has 0 radical (unpaired) electrons. The summed E-state index contributed by atoms with van der Waals surface area (Å²) in [6.45, 7) is 0. The van der Waals surface area contributed by atoms with Gasteiger partial charge in [-0.05, 0) is 98.4 Å². The number of fused-ring (bicyclic) bond motifs is 17. The van der Waals surface area contributed by atoms with Crippen molar-refractivity contribution >= 4 is 38.4 Å². The number of hydrogen-bond acceptors (Lipinski definition) is 2. The number of para-hydroxylation sites is 4. The molecule has 3 heteroatoms. The lowest BCUT2D eigenvalue weighted by molar-refractivity contribution is 0.436. The summed E-state index contributed by atoms with van der Waals surface area (Å²) in [6, 6.07) is 65.9. The highest BCUT2D eigenvalue weighted by atomic mass is 16.5. The zero-order valence-corrected chi connectivity index (χ0v) is 28.6. The molecule has 246 valence electrons. The Bertz CT molecular complexity index is 3120. The molecule has 0 amide bonds. The van der Waals surface area contributed by atoms with E-state index in [2.05, 4.69) is 186 Å². The van der Waals surface area contributed by atoms with Crippen LogP contribution >= 0.6 is 0 Å². The SMILES string of the molecule is c1cc(-c2ccc3c(c2)C2(c4ccccc4O3)c3ccccc3-c3ccccc32)cc(-c2ccc3c4ccccc4n4c5ccccc5nc4c3c2)c1. The Balaban J connectivity index is 1.05. The highest BCUT2D eigenvalue weighted by molar-refractivity contribution is 6.14. The van der Waals surface area contributed by atoms with E-state index in [4.69, 9.17) is 9.72 Å². The van der Waals surface area contributed by atoms with Crippen molar-refractivity contribution < 1.29 is 4.74 Å². The topological polar surface area (TPSA) is 26.5 Å². The van der Waals surface area contributed by atoms with E-state index in [9.17, 15) is 0 Å². The van der Waals surface area contributed by atoms with Gasteiger partial charge in [-0.15, -0.1) is 0 Å². The molecule has 0 atom stereocenters. The van der Waals surface area contributed by atoms with Gasteiger partial charge in [0.25, 0.3) is 0 Å². The van der Waals surface area contributed by atoms with Gasteiger partial charge in [0.05, 0.1) is 22.0 Å². The monoisotopic (exact) mass is 674 g/mol. The molecule has 10 aromatic rings. The number of rotatable bonds is 2. The molecule has 2 aliphatic rings. The van der Waals surface area contributed by atoms with Crippen LogP contribution in [-0.4, -0.2) is 9.38 Å². The second kappa shape index (κ2) is 10.5. The number of aromatic nitrogens is 2. The van der Waals surface area contributed by atoms with Crippen molar-refractivity contribution in [2.24, 2.45) is 0 Å². The van der Waals surface area contributed by atoms with E-state index >= 15 is 0 Å². The Hall–Kier alpha value is -6.97. The second-order valence-corrected chi connectivity index (χ2v) is 14.3. The van der Waals surface area contributed by atoms with Crippen molar-refractivity contribution in [2.75, 3.05) is 0 Å². The van der Waals surface area contributed by atoms with Crippen LogP contribution in [0.5, 0.6) is 11.5 Å². The Morgan fingerprint density at radius 3 is 1.81 bits per heavy atom. The van der Waals surface area contributed by atoms with E-state index in [-0.39, 0.29) is 0 Å². The number of hydrogen-bond donors (Lipinski definition) is 0. The molecular weight excluding hydrogens is 645 g/mol. The average molecular weight is 675 g/mol. The minimum Gasteiger partial charge on any atom is -0.457 e. The predicted octanol–water partition coefficient (Wildman–Crippen LogP) is 12.6. The molecule has 8 aromatic carbocycles. The molecule has 3 nitrogen and oxygen atoms in total. The highest BCUT2D eigenvalue weighted by Gasteiger charge is 2.51. The summed E-state index contributed by atoms with van der Waals surface area (Å²) < 4.78 is 9.01. The van der Waals surface area contributed by atoms with E-state index in [1.54, 1.807) is 0 Å². The van der Waals surface area contributed by atoms with Crippen LogP contribution in [0.2, 0.25) is 0 Å². The van der Waals surface area contributed by atoms with Crippen molar-refractivity contribution in [2.45, 2.75) is 5.41 Å². The standard InChI is InChI=1S/C50H30N2O/c1-4-17-40-36(14-1)37-15-2-5-18-41(37)50(40)42-19-6-10-23-47(42)53-48-27-25-34(30-43(48)50)32-13-11-12-31(28-32)33-24-26-35-38-16-3-8-21-45(38)52-46-22-9-7-20-44(46)51-49(52)39(35)29-33/h1-30H. The summed E-state index contributed by atoms with van der Waals surface area (Å²) in [6.07, 6.45) is 0. The summed E-state index contributed by atoms with van der Waals surface area (Å²) in [7, 11) is 0. The summed E-state index contributed by atoms with van der Waals surface area (Å²) in [5, 5.41) is 3.58. The average Bonchev–Trinajstić information content (AvgIpc) is 3.76. The minimum absolute atomic E-state index is 0.495. The van der Waals surface area contributed by atoms with Crippen LogP contribution in [0.25, 0.3) is 71.7 Å². The maximum atomic E-state index is 6.70. The lowest BCUT2D eigenvalue weighted by Crippen LogP contribution is -2.32. The fourth-order valence-corrected chi connectivity index (χ4v) is 9.40. The van der Waals surface area contributed by atoms with Crippen LogP contribution in [0.1, 0.15) is 22.3 Å². The van der Waals surface area contributed by atoms with Crippen LogP contribution in [-0.2, 0) is 5.41 Å². The first-order valence-electron chi connectivity index (χ1n) is 18.2. The smallest absolute Gasteiger partial charge is 0.146 e. The van der Waals surface area contributed by atoms with Gasteiger partial charge in [0.2, 0.25) is 0 Å². The summed E-state index contributed by atoms with van der Waals surface area (Å²) >= 11 is 0. The quantitative estimate of drug-likeness (QED) is 0.171. The van der Waals surface area contributed by atoms with Crippen molar-refractivity contribution in [1.82, 2.24) is 9.38 Å². The van der Waals surface area contributed by atoms with Gasteiger partial charge in [0, 0.05) is 21.9 Å². The van der Waals surface area contributed by atoms with Gasteiger partial charge < -0.3 is 4.74 Å². The fourth-order valence-electron chi connectivity index (χ4n) is 9.40. The molecule has 1 aliphatic carbocycles. The summed E-state index contributed by atoms with van der Waals surface area (Å²) in [4.78, 5) is 5.17. The molecule has 2 aromatic heterocycles. The fraction of sp³-hybridized carbons (Fsp3) is 0.0200. The number of ether oxygens (including phenoxy) is 1. The Morgan fingerprint density at radius 2 is 1.00 bits per heavy atom. The van der Waals surface area contributed by atoms with Crippen molar-refractivity contribution in [3.05, 3.63) is 204 Å². The van der Waals surface area contributed by atoms with Crippen LogP contribution in [0.4, 0.5) is 0 Å². The molecule has 0 fully saturated rings. The van der Waals surface area contributed by atoms with E-state index in [1.807, 2.05) is 0 Å². The van der Waals surface area contributed by atoms with Crippen molar-refractivity contribution in [3.63, 3.8) is 0 Å². The minimum atomic E-state index is -0.495. The zero-order valence-electron chi connectivity index (χ0n) is 28.6. The van der Waals surface area contributed by atoms with Crippen molar-refractivity contribution in [1.29, 1.82) is 0 Å². The van der Waals surface area contributed by atoms with E-state index in [1.165, 1.54) is 49.7 Å². The molecular formula is C50H30N2O. The van der Waals surface area contributed by atoms with Gasteiger partial charge in [-0.3, -0.25) is 4.40 Å². The van der Waals surface area contributed by atoms with Crippen molar-refractivity contribution in [3.8, 4) is 44.9 Å². The third-order valence-electron chi connectivity index (χ3n) is 11.6. The van der Waals surface area contributed by atoms with Crippen LogP contribution < -0.4 is 4.74 Å². The van der Waals surface area contributed by atoms with E-state index in [0.717, 1.165) is 55.8 Å². The number of imidazole rings is 1. The Morgan fingerprint density at radius 1 is 0.396 bits per heavy atom. The highest BCUT2D eigenvalue weighted by Crippen LogP contribution is 2.62. The molecule has 0 saturated heterocycles. The van der Waals surface area contributed by atoms with Gasteiger partial charge >= 0.3 is 0 Å². The Kier molecular flexibility index (Phi) is 5.70. The molecule has 0 unspecified atom stereocenters. The molecule has 12 rings (SSSR count). The van der Waals surface area contributed by atoms with Gasteiger partial charge in [-0.1, -0.05) is 133 Å². The maximum absolute atomic E-state index is 6.70. The first-order valence-corrected chi connectivity index (χ1v) is 18.2. The lowest BCUT2D eigenvalue weighted by atomic mass is 9.66. The molecule has 1 spiro atoms. The second-order valence-electron chi connectivity index (χ2n) is 14.3. The van der Waals surface area contributed by atoms with Gasteiger partial charge in [-0.25, -0.2) is 4.98 Å². The largest absolute Gasteiger partial charge is 0.457 e. The third kappa shape index (κ3) is 3.80. The first-order chi connectivity index (χ1) is 26.3. The molecule has 1 aliphatic heterocycles. The van der Waals surface area contributed by atoms with Crippen LogP contribution in [0.3, 0.4) is 0 Å². The van der Waals surface area contributed by atoms with E-state index in [0.29, 0.717) is 0 Å². The normalized spacial score (nSPS) is 13.6.